The van der Waals surface area contributed by atoms with Crippen LogP contribution in [0.3, 0.4) is 0 Å². The van der Waals surface area contributed by atoms with Gasteiger partial charge in [0, 0.05) is 28.9 Å². The summed E-state index contributed by atoms with van der Waals surface area (Å²) < 4.78 is 1.00. The largest absolute Gasteiger partial charge is 0.299 e. The van der Waals surface area contributed by atoms with Crippen molar-refractivity contribution in [2.24, 2.45) is 0 Å². The maximum Gasteiger partial charge on any atom is 0.141 e. The van der Waals surface area contributed by atoms with Crippen LogP contribution in [-0.2, 0) is 17.6 Å². The fourth-order valence-electron chi connectivity index (χ4n) is 2.46. The predicted molar refractivity (Wildman–Crippen MR) is 88.3 cm³/mol. The van der Waals surface area contributed by atoms with Crippen LogP contribution in [0.4, 0.5) is 0 Å². The molecule has 3 aromatic rings. The number of Topliss-reactive ketones (excluding diaryl/α,β-unsaturated/α-hetero) is 1. The number of aromatic nitrogens is 1. The molecule has 0 aliphatic rings. The molecular weight excluding hydrogens is 326 g/mol. The zero-order chi connectivity index (χ0) is 14.7. The number of fused-ring (bicyclic) bond motifs is 1. The van der Waals surface area contributed by atoms with Gasteiger partial charge in [0.15, 0.2) is 0 Å². The number of halogens is 1. The second kappa shape index (κ2) is 6.19. The fourth-order valence-corrected chi connectivity index (χ4v) is 2.91. The molecule has 0 bridgehead atoms. The monoisotopic (exact) mass is 339 g/mol. The molecule has 3 rings (SSSR count). The van der Waals surface area contributed by atoms with Gasteiger partial charge in [0.25, 0.3) is 0 Å². The predicted octanol–water partition coefficient (Wildman–Crippen LogP) is 4.35. The summed E-state index contributed by atoms with van der Waals surface area (Å²) >= 11 is 3.43. The van der Waals surface area contributed by atoms with Gasteiger partial charge in [-0.2, -0.15) is 0 Å². The van der Waals surface area contributed by atoms with Gasteiger partial charge in [-0.3, -0.25) is 9.78 Å². The van der Waals surface area contributed by atoms with E-state index in [1.807, 2.05) is 54.6 Å². The van der Waals surface area contributed by atoms with Crippen LogP contribution < -0.4 is 0 Å². The van der Waals surface area contributed by atoms with Gasteiger partial charge in [-0.05, 0) is 35.4 Å². The van der Waals surface area contributed by atoms with Crippen molar-refractivity contribution in [2.45, 2.75) is 12.8 Å². The summed E-state index contributed by atoms with van der Waals surface area (Å²) in [7, 11) is 0. The third-order valence-electron chi connectivity index (χ3n) is 3.42. The Morgan fingerprint density at radius 3 is 2.71 bits per heavy atom. The molecule has 0 aliphatic heterocycles. The minimum atomic E-state index is 0.212. The smallest absolute Gasteiger partial charge is 0.141 e. The molecule has 0 saturated carbocycles. The van der Waals surface area contributed by atoms with Gasteiger partial charge in [0.05, 0.1) is 5.52 Å². The Morgan fingerprint density at radius 1 is 1.00 bits per heavy atom. The standard InChI is InChI=1S/C18H14BrNO/c19-15-5-3-4-13(10-15)11-16(21)12-14-8-9-20-18-7-2-1-6-17(14)18/h1-10H,11-12H2. The molecule has 0 spiro atoms. The Bertz CT molecular complexity index is 793. The highest BCUT2D eigenvalue weighted by Crippen LogP contribution is 2.18. The van der Waals surface area contributed by atoms with Crippen molar-refractivity contribution in [1.29, 1.82) is 0 Å². The Labute approximate surface area is 132 Å². The zero-order valence-electron chi connectivity index (χ0n) is 11.4. The van der Waals surface area contributed by atoms with Crippen LogP contribution in [0, 0.1) is 0 Å². The molecule has 1 heterocycles. The zero-order valence-corrected chi connectivity index (χ0v) is 13.0. The van der Waals surface area contributed by atoms with E-state index < -0.39 is 0 Å². The SMILES string of the molecule is O=C(Cc1cccc(Br)c1)Cc1ccnc2ccccc12. The van der Waals surface area contributed by atoms with Crippen LogP contribution in [-0.4, -0.2) is 10.8 Å². The Balaban J connectivity index is 1.80. The molecule has 1 aromatic heterocycles. The summed E-state index contributed by atoms with van der Waals surface area (Å²) in [5, 5.41) is 1.06. The molecule has 0 fully saturated rings. The van der Waals surface area contributed by atoms with Crippen molar-refractivity contribution in [2.75, 3.05) is 0 Å². The second-order valence-corrected chi connectivity index (χ2v) is 5.93. The van der Waals surface area contributed by atoms with E-state index in [9.17, 15) is 4.79 Å². The number of rotatable bonds is 4. The number of ketones is 1. The van der Waals surface area contributed by atoms with E-state index in [1.54, 1.807) is 6.20 Å². The van der Waals surface area contributed by atoms with Crippen molar-refractivity contribution in [3.63, 3.8) is 0 Å². The molecule has 0 saturated heterocycles. The molecular formula is C18H14BrNO. The van der Waals surface area contributed by atoms with Gasteiger partial charge in [-0.25, -0.2) is 0 Å². The average Bonchev–Trinajstić information content (AvgIpc) is 2.47. The highest BCUT2D eigenvalue weighted by atomic mass is 79.9. The minimum absolute atomic E-state index is 0.212. The molecule has 2 nitrogen and oxygen atoms in total. The van der Waals surface area contributed by atoms with E-state index >= 15 is 0 Å². The van der Waals surface area contributed by atoms with E-state index in [1.165, 1.54) is 0 Å². The first kappa shape index (κ1) is 14.0. The summed E-state index contributed by atoms with van der Waals surface area (Å²) in [6.45, 7) is 0. The van der Waals surface area contributed by atoms with Gasteiger partial charge in [-0.15, -0.1) is 0 Å². The van der Waals surface area contributed by atoms with Crippen LogP contribution in [0.5, 0.6) is 0 Å². The van der Waals surface area contributed by atoms with Gasteiger partial charge >= 0.3 is 0 Å². The lowest BCUT2D eigenvalue weighted by Gasteiger charge is -2.06. The first-order chi connectivity index (χ1) is 10.2. The van der Waals surface area contributed by atoms with Crippen LogP contribution in [0.1, 0.15) is 11.1 Å². The molecule has 0 atom stereocenters. The van der Waals surface area contributed by atoms with Crippen molar-refractivity contribution in [3.8, 4) is 0 Å². The van der Waals surface area contributed by atoms with Crippen LogP contribution >= 0.6 is 15.9 Å². The molecule has 0 amide bonds. The molecule has 0 N–H and O–H groups in total. The number of hydrogen-bond acceptors (Lipinski definition) is 2. The lowest BCUT2D eigenvalue weighted by atomic mass is 10.0. The van der Waals surface area contributed by atoms with Crippen LogP contribution in [0.2, 0.25) is 0 Å². The summed E-state index contributed by atoms with van der Waals surface area (Å²) in [5.41, 5.74) is 3.01. The van der Waals surface area contributed by atoms with Gasteiger partial charge < -0.3 is 0 Å². The highest BCUT2D eigenvalue weighted by Gasteiger charge is 2.08. The lowest BCUT2D eigenvalue weighted by Crippen LogP contribution is -2.07. The summed E-state index contributed by atoms with van der Waals surface area (Å²) in [4.78, 5) is 16.6. The number of pyridine rings is 1. The highest BCUT2D eigenvalue weighted by molar-refractivity contribution is 9.10. The number of hydrogen-bond donors (Lipinski definition) is 0. The topological polar surface area (TPSA) is 30.0 Å². The summed E-state index contributed by atoms with van der Waals surface area (Å²) in [6.07, 6.45) is 2.66. The van der Waals surface area contributed by atoms with Crippen molar-refractivity contribution < 1.29 is 4.79 Å². The van der Waals surface area contributed by atoms with Gasteiger partial charge in [0.1, 0.15) is 5.78 Å². The third-order valence-corrected chi connectivity index (χ3v) is 3.91. The van der Waals surface area contributed by atoms with Crippen molar-refractivity contribution in [1.82, 2.24) is 4.98 Å². The number of benzene rings is 2. The number of nitrogens with zero attached hydrogens (tertiary/aromatic N) is 1. The fraction of sp³-hybridized carbons (Fsp3) is 0.111. The van der Waals surface area contributed by atoms with Crippen molar-refractivity contribution >= 4 is 32.6 Å². The lowest BCUT2D eigenvalue weighted by molar-refractivity contribution is -0.117. The van der Waals surface area contributed by atoms with Gasteiger partial charge in [0.2, 0.25) is 0 Å². The van der Waals surface area contributed by atoms with E-state index in [0.29, 0.717) is 12.8 Å². The molecule has 2 aromatic carbocycles. The number of para-hydroxylation sites is 1. The average molecular weight is 340 g/mol. The van der Waals surface area contributed by atoms with Gasteiger partial charge in [-0.1, -0.05) is 46.3 Å². The molecule has 0 aliphatic carbocycles. The van der Waals surface area contributed by atoms with E-state index in [2.05, 4.69) is 20.9 Å². The number of carbonyl (C=O) groups is 1. The maximum atomic E-state index is 12.3. The van der Waals surface area contributed by atoms with E-state index in [-0.39, 0.29) is 5.78 Å². The normalized spacial score (nSPS) is 10.7. The molecule has 0 radical (unpaired) electrons. The molecule has 3 heteroatoms. The van der Waals surface area contributed by atoms with E-state index in [0.717, 1.165) is 26.5 Å². The van der Waals surface area contributed by atoms with Crippen LogP contribution in [0.25, 0.3) is 10.9 Å². The molecule has 21 heavy (non-hydrogen) atoms. The third kappa shape index (κ3) is 3.37. The quantitative estimate of drug-likeness (QED) is 0.707. The second-order valence-electron chi connectivity index (χ2n) is 5.01. The summed E-state index contributed by atoms with van der Waals surface area (Å²) in [5.74, 6) is 0.212. The maximum absolute atomic E-state index is 12.3. The first-order valence-electron chi connectivity index (χ1n) is 6.81. The molecule has 104 valence electrons. The Morgan fingerprint density at radius 2 is 1.86 bits per heavy atom. The Hall–Kier alpha value is -2.00. The van der Waals surface area contributed by atoms with Crippen molar-refractivity contribution in [3.05, 3.63) is 76.4 Å². The summed E-state index contributed by atoms with van der Waals surface area (Å²) in [6, 6.07) is 17.7. The Kier molecular flexibility index (Phi) is 4.11. The van der Waals surface area contributed by atoms with Crippen LogP contribution in [0.15, 0.2) is 65.3 Å². The molecule has 0 unspecified atom stereocenters. The van der Waals surface area contributed by atoms with E-state index in [4.69, 9.17) is 0 Å². The first-order valence-corrected chi connectivity index (χ1v) is 7.60. The minimum Gasteiger partial charge on any atom is -0.299 e. The number of carbonyl (C=O) groups excluding carboxylic acids is 1.